The summed E-state index contributed by atoms with van der Waals surface area (Å²) >= 11 is 1.65. The van der Waals surface area contributed by atoms with E-state index in [4.69, 9.17) is 9.72 Å². The molecular weight excluding hydrogens is 426 g/mol. The quantitative estimate of drug-likeness (QED) is 0.272. The topological polar surface area (TPSA) is 39.1 Å². The maximum absolute atomic E-state index is 5.83. The predicted molar refractivity (Wildman–Crippen MR) is 138 cm³/mol. The summed E-state index contributed by atoms with van der Waals surface area (Å²) in [7, 11) is 0. The summed E-state index contributed by atoms with van der Waals surface area (Å²) in [6, 6.07) is 27.4. The Bertz CT molecular complexity index is 1360. The molecule has 166 valence electrons. The van der Waals surface area contributed by atoms with Crippen molar-refractivity contribution in [2.45, 2.75) is 26.9 Å². The van der Waals surface area contributed by atoms with E-state index in [1.165, 1.54) is 33.3 Å². The Morgan fingerprint density at radius 1 is 0.939 bits per heavy atom. The zero-order valence-corrected chi connectivity index (χ0v) is 19.7. The van der Waals surface area contributed by atoms with Crippen LogP contribution in [-0.2, 0) is 13.1 Å². The molecule has 5 heteroatoms. The summed E-state index contributed by atoms with van der Waals surface area (Å²) in [4.78, 5) is 4.96. The van der Waals surface area contributed by atoms with Crippen molar-refractivity contribution < 1.29 is 4.74 Å². The van der Waals surface area contributed by atoms with Crippen molar-refractivity contribution in [1.82, 2.24) is 9.55 Å². The second-order valence-electron chi connectivity index (χ2n) is 8.02. The number of fused-ring (bicyclic) bond motifs is 1. The molecule has 0 fully saturated rings. The Kier molecular flexibility index (Phi) is 6.13. The molecule has 0 bridgehead atoms. The van der Waals surface area contributed by atoms with E-state index in [9.17, 15) is 0 Å². The molecule has 0 aliphatic carbocycles. The number of anilines is 1. The fraction of sp³-hybridized carbons (Fsp3) is 0.179. The number of nitrogens with zero attached hydrogens (tertiary/aromatic N) is 2. The van der Waals surface area contributed by atoms with Gasteiger partial charge in [0.2, 0.25) is 0 Å². The van der Waals surface area contributed by atoms with Crippen LogP contribution in [-0.4, -0.2) is 16.2 Å². The number of nitrogens with one attached hydrogen (secondary N) is 1. The largest absolute Gasteiger partial charge is 0.494 e. The van der Waals surface area contributed by atoms with Crippen LogP contribution < -0.4 is 10.1 Å². The summed E-state index contributed by atoms with van der Waals surface area (Å²) in [5.74, 6) is 0.890. The highest BCUT2D eigenvalue weighted by atomic mass is 32.1. The molecule has 0 radical (unpaired) electrons. The third-order valence-corrected chi connectivity index (χ3v) is 6.64. The van der Waals surface area contributed by atoms with Crippen LogP contribution in [0.15, 0.2) is 84.2 Å². The number of aromatic nitrogens is 2. The van der Waals surface area contributed by atoms with E-state index in [-0.39, 0.29) is 0 Å². The summed E-state index contributed by atoms with van der Waals surface area (Å²) in [6.07, 6.45) is 0. The molecule has 4 nitrogen and oxygen atoms in total. The number of benzene rings is 3. The van der Waals surface area contributed by atoms with Gasteiger partial charge in [-0.1, -0.05) is 60.7 Å². The first kappa shape index (κ1) is 21.3. The molecule has 0 spiro atoms. The fourth-order valence-electron chi connectivity index (χ4n) is 4.25. The van der Waals surface area contributed by atoms with E-state index >= 15 is 0 Å². The Morgan fingerprint density at radius 2 is 1.67 bits per heavy atom. The number of hydrogen-bond acceptors (Lipinski definition) is 4. The maximum atomic E-state index is 5.83. The normalized spacial score (nSPS) is 11.1. The highest BCUT2D eigenvalue weighted by Crippen LogP contribution is 2.38. The molecule has 3 aromatic carbocycles. The maximum Gasteiger partial charge on any atom is 0.183 e. The SMILES string of the molecule is CCOc1ccc2c(c1)c(-c1csc(NCc3ccccc3)n1)c(C)n2Cc1ccccc1. The average Bonchev–Trinajstić information content (AvgIpc) is 3.41. The predicted octanol–water partition coefficient (Wildman–Crippen LogP) is 7.13. The molecule has 0 aliphatic heterocycles. The lowest BCUT2D eigenvalue weighted by Gasteiger charge is -2.09. The first-order valence-corrected chi connectivity index (χ1v) is 12.1. The standard InChI is InChI=1S/C28H27N3OS/c1-3-32-23-14-15-26-24(16-23)27(20(2)31(26)18-22-12-8-5-9-13-22)25-19-33-28(30-25)29-17-21-10-6-4-7-11-21/h4-16,19H,3,17-18H2,1-2H3,(H,29,30). The van der Waals surface area contributed by atoms with E-state index in [2.05, 4.69) is 95.0 Å². The van der Waals surface area contributed by atoms with Gasteiger partial charge in [-0.2, -0.15) is 0 Å². The van der Waals surface area contributed by atoms with Gasteiger partial charge in [-0.05, 0) is 43.2 Å². The second kappa shape index (κ2) is 9.51. The molecule has 5 rings (SSSR count). The zero-order chi connectivity index (χ0) is 22.6. The van der Waals surface area contributed by atoms with Crippen LogP contribution in [0, 0.1) is 6.92 Å². The van der Waals surface area contributed by atoms with Crippen LogP contribution in [0.3, 0.4) is 0 Å². The van der Waals surface area contributed by atoms with Crippen molar-refractivity contribution in [3.63, 3.8) is 0 Å². The molecule has 0 amide bonds. The minimum atomic E-state index is 0.648. The van der Waals surface area contributed by atoms with Gasteiger partial charge in [-0.15, -0.1) is 11.3 Å². The van der Waals surface area contributed by atoms with Crippen LogP contribution >= 0.6 is 11.3 Å². The molecular formula is C28H27N3OS. The highest BCUT2D eigenvalue weighted by molar-refractivity contribution is 7.14. The summed E-state index contributed by atoms with van der Waals surface area (Å²) < 4.78 is 8.21. The molecule has 0 saturated carbocycles. The van der Waals surface area contributed by atoms with Gasteiger partial charge in [-0.3, -0.25) is 0 Å². The molecule has 1 N–H and O–H groups in total. The van der Waals surface area contributed by atoms with Crippen molar-refractivity contribution in [3.8, 4) is 17.0 Å². The Hall–Kier alpha value is -3.57. The smallest absolute Gasteiger partial charge is 0.183 e. The van der Waals surface area contributed by atoms with Gasteiger partial charge >= 0.3 is 0 Å². The van der Waals surface area contributed by atoms with Crippen molar-refractivity contribution in [2.24, 2.45) is 0 Å². The lowest BCUT2D eigenvalue weighted by molar-refractivity contribution is 0.340. The second-order valence-corrected chi connectivity index (χ2v) is 8.88. The monoisotopic (exact) mass is 453 g/mol. The van der Waals surface area contributed by atoms with Crippen molar-refractivity contribution in [2.75, 3.05) is 11.9 Å². The minimum Gasteiger partial charge on any atom is -0.494 e. The van der Waals surface area contributed by atoms with Gasteiger partial charge in [0.05, 0.1) is 12.3 Å². The Morgan fingerprint density at radius 3 is 2.39 bits per heavy atom. The summed E-state index contributed by atoms with van der Waals surface area (Å²) in [6.45, 7) is 6.43. The van der Waals surface area contributed by atoms with Crippen molar-refractivity contribution in [3.05, 3.63) is 101 Å². The Balaban J connectivity index is 1.53. The number of thiazole rings is 1. The molecule has 0 atom stereocenters. The number of hydrogen-bond donors (Lipinski definition) is 1. The van der Waals surface area contributed by atoms with Gasteiger partial charge in [-0.25, -0.2) is 4.98 Å². The highest BCUT2D eigenvalue weighted by Gasteiger charge is 2.19. The molecule has 0 unspecified atom stereocenters. The lowest BCUT2D eigenvalue weighted by Crippen LogP contribution is -2.02. The van der Waals surface area contributed by atoms with Crippen LogP contribution in [0.4, 0.5) is 5.13 Å². The van der Waals surface area contributed by atoms with Gasteiger partial charge in [0.25, 0.3) is 0 Å². The molecule has 0 saturated heterocycles. The van der Waals surface area contributed by atoms with E-state index < -0.39 is 0 Å². The van der Waals surface area contributed by atoms with Gasteiger partial charge in [0, 0.05) is 40.6 Å². The summed E-state index contributed by atoms with van der Waals surface area (Å²) in [5.41, 5.74) is 7.10. The molecule has 0 aliphatic rings. The van der Waals surface area contributed by atoms with E-state index in [1.807, 2.05) is 13.0 Å². The first-order chi connectivity index (χ1) is 16.2. The van der Waals surface area contributed by atoms with Crippen molar-refractivity contribution >= 4 is 27.4 Å². The molecule has 2 aromatic heterocycles. The Labute approximate surface area is 198 Å². The minimum absolute atomic E-state index is 0.648. The fourth-order valence-corrected chi connectivity index (χ4v) is 4.95. The van der Waals surface area contributed by atoms with Gasteiger partial charge in [0.1, 0.15) is 5.75 Å². The van der Waals surface area contributed by atoms with E-state index in [0.29, 0.717) is 6.61 Å². The van der Waals surface area contributed by atoms with Crippen molar-refractivity contribution in [1.29, 1.82) is 0 Å². The van der Waals surface area contributed by atoms with Gasteiger partial charge in [0.15, 0.2) is 5.13 Å². The van der Waals surface area contributed by atoms with Crippen LogP contribution in [0.2, 0.25) is 0 Å². The average molecular weight is 454 g/mol. The third-order valence-electron chi connectivity index (χ3n) is 5.84. The van der Waals surface area contributed by atoms with Crippen LogP contribution in [0.1, 0.15) is 23.7 Å². The lowest BCUT2D eigenvalue weighted by atomic mass is 10.1. The number of rotatable bonds is 8. The van der Waals surface area contributed by atoms with Crippen LogP contribution in [0.25, 0.3) is 22.2 Å². The first-order valence-electron chi connectivity index (χ1n) is 11.3. The third kappa shape index (κ3) is 4.50. The summed E-state index contributed by atoms with van der Waals surface area (Å²) in [5, 5.41) is 7.73. The molecule has 2 heterocycles. The zero-order valence-electron chi connectivity index (χ0n) is 18.9. The molecule has 33 heavy (non-hydrogen) atoms. The van der Waals surface area contributed by atoms with E-state index in [0.717, 1.165) is 29.7 Å². The van der Waals surface area contributed by atoms with Gasteiger partial charge < -0.3 is 14.6 Å². The number of ether oxygens (including phenoxy) is 1. The van der Waals surface area contributed by atoms with Crippen LogP contribution in [0.5, 0.6) is 5.75 Å². The van der Waals surface area contributed by atoms with E-state index in [1.54, 1.807) is 11.3 Å². The molecule has 5 aromatic rings.